The van der Waals surface area contributed by atoms with E-state index in [9.17, 15) is 0 Å². The second-order valence-corrected chi connectivity index (χ2v) is 2.56. The highest BCUT2D eigenvalue weighted by molar-refractivity contribution is 4.87. The summed E-state index contributed by atoms with van der Waals surface area (Å²) in [5, 5.41) is 0. The Morgan fingerprint density at radius 1 is 1.40 bits per heavy atom. The summed E-state index contributed by atoms with van der Waals surface area (Å²) in [6, 6.07) is 4.97. The highest BCUT2D eigenvalue weighted by Crippen LogP contribution is 1.98. The van der Waals surface area contributed by atoms with Gasteiger partial charge in [0.25, 0.3) is 0 Å². The lowest BCUT2D eigenvalue weighted by Gasteiger charge is -1.99. The van der Waals surface area contributed by atoms with E-state index in [2.05, 4.69) is 23.8 Å². The van der Waals surface area contributed by atoms with Gasteiger partial charge < -0.3 is 4.57 Å². The van der Waals surface area contributed by atoms with Gasteiger partial charge in [0.2, 0.25) is 0 Å². The van der Waals surface area contributed by atoms with Gasteiger partial charge in [0.15, 0.2) is 0 Å². The summed E-state index contributed by atoms with van der Waals surface area (Å²) in [5.74, 6) is 0. The third-order valence-electron chi connectivity index (χ3n) is 1.62. The molecule has 55 valence electrons. The van der Waals surface area contributed by atoms with Gasteiger partial charge >= 0.3 is 0 Å². The average molecular weight is 136 g/mol. The van der Waals surface area contributed by atoms with Crippen molar-refractivity contribution >= 4 is 0 Å². The summed E-state index contributed by atoms with van der Waals surface area (Å²) in [7, 11) is 0. The van der Waals surface area contributed by atoms with Gasteiger partial charge in [-0.2, -0.15) is 0 Å². The van der Waals surface area contributed by atoms with Gasteiger partial charge in [-0.15, -0.1) is 0 Å². The monoisotopic (exact) mass is 136 g/mol. The molecule has 1 heterocycles. The summed E-state index contributed by atoms with van der Waals surface area (Å²) in [6.07, 6.45) is 7.98. The maximum Gasteiger partial charge on any atom is 0.0219 e. The van der Waals surface area contributed by atoms with Crippen LogP contribution in [0.5, 0.6) is 0 Å². The van der Waals surface area contributed by atoms with Crippen LogP contribution in [0.15, 0.2) is 18.5 Å². The van der Waals surface area contributed by atoms with Crippen molar-refractivity contribution < 1.29 is 0 Å². The predicted molar refractivity (Wildman–Crippen MR) is 42.8 cm³/mol. The topological polar surface area (TPSA) is 4.93 Å². The molecule has 0 fully saturated rings. The van der Waals surface area contributed by atoms with E-state index in [1.54, 1.807) is 0 Å². The zero-order valence-electron chi connectivity index (χ0n) is 6.51. The zero-order chi connectivity index (χ0) is 7.23. The van der Waals surface area contributed by atoms with Gasteiger partial charge in [-0.05, 0) is 12.5 Å². The summed E-state index contributed by atoms with van der Waals surface area (Å²) in [6.45, 7) is 3.37. The van der Waals surface area contributed by atoms with Crippen LogP contribution in [0.2, 0.25) is 0 Å². The molecule has 1 aromatic heterocycles. The third-order valence-corrected chi connectivity index (χ3v) is 1.62. The van der Waals surface area contributed by atoms with Crippen molar-refractivity contribution in [2.45, 2.75) is 32.7 Å². The molecule has 0 N–H and O–H groups in total. The van der Waals surface area contributed by atoms with E-state index in [0.29, 0.717) is 0 Å². The van der Waals surface area contributed by atoms with E-state index < -0.39 is 0 Å². The molecule has 0 saturated carbocycles. The van der Waals surface area contributed by atoms with Gasteiger partial charge in [0.1, 0.15) is 0 Å². The van der Waals surface area contributed by atoms with Gasteiger partial charge in [0, 0.05) is 25.0 Å². The fraction of sp³-hybridized carbons (Fsp3) is 0.556. The first-order valence-corrected chi connectivity index (χ1v) is 3.95. The zero-order valence-corrected chi connectivity index (χ0v) is 6.51. The molecule has 0 aliphatic carbocycles. The standard InChI is InChI=1S/C9H14N/c1-2-3-4-7-10-8-5-6-9-10/h5,8-9H,2-4,7H2,1H3. The van der Waals surface area contributed by atoms with Crippen LogP contribution in [0.1, 0.15) is 26.2 Å². The van der Waals surface area contributed by atoms with Gasteiger partial charge in [-0.1, -0.05) is 19.8 Å². The molecule has 0 spiro atoms. The minimum Gasteiger partial charge on any atom is -0.354 e. The molecular formula is C9H14N. The average Bonchev–Trinajstić information content (AvgIpc) is 2.41. The molecule has 0 amide bonds. The first-order valence-electron chi connectivity index (χ1n) is 3.95. The van der Waals surface area contributed by atoms with Crippen LogP contribution in [0.25, 0.3) is 0 Å². The smallest absolute Gasteiger partial charge is 0.0219 e. The van der Waals surface area contributed by atoms with E-state index in [0.717, 1.165) is 6.54 Å². The molecular weight excluding hydrogens is 122 g/mol. The van der Waals surface area contributed by atoms with E-state index in [1.165, 1.54) is 19.3 Å². The van der Waals surface area contributed by atoms with E-state index in [4.69, 9.17) is 0 Å². The van der Waals surface area contributed by atoms with Gasteiger partial charge in [-0.3, -0.25) is 0 Å². The number of hydrogen-bond acceptors (Lipinski definition) is 0. The van der Waals surface area contributed by atoms with Crippen molar-refractivity contribution in [2.24, 2.45) is 0 Å². The summed E-state index contributed by atoms with van der Waals surface area (Å²) in [4.78, 5) is 0. The van der Waals surface area contributed by atoms with Crippen molar-refractivity contribution in [2.75, 3.05) is 0 Å². The second-order valence-electron chi connectivity index (χ2n) is 2.56. The number of hydrogen-bond donors (Lipinski definition) is 0. The van der Waals surface area contributed by atoms with Gasteiger partial charge in [0.05, 0.1) is 0 Å². The Kier molecular flexibility index (Phi) is 3.07. The van der Waals surface area contributed by atoms with Crippen LogP contribution in [0, 0.1) is 6.07 Å². The molecule has 1 nitrogen and oxygen atoms in total. The van der Waals surface area contributed by atoms with Crippen molar-refractivity contribution in [3.63, 3.8) is 0 Å². The van der Waals surface area contributed by atoms with Crippen LogP contribution in [0.4, 0.5) is 0 Å². The predicted octanol–water partition coefficient (Wildman–Crippen LogP) is 2.48. The van der Waals surface area contributed by atoms with Crippen LogP contribution in [-0.2, 0) is 6.54 Å². The number of aromatic nitrogens is 1. The number of rotatable bonds is 4. The number of unbranched alkanes of at least 4 members (excludes halogenated alkanes) is 2. The van der Waals surface area contributed by atoms with E-state index in [-0.39, 0.29) is 0 Å². The summed E-state index contributed by atoms with van der Waals surface area (Å²) >= 11 is 0. The van der Waals surface area contributed by atoms with Crippen LogP contribution < -0.4 is 0 Å². The Morgan fingerprint density at radius 2 is 2.30 bits per heavy atom. The molecule has 0 atom stereocenters. The van der Waals surface area contributed by atoms with Crippen molar-refractivity contribution in [3.8, 4) is 0 Å². The van der Waals surface area contributed by atoms with Crippen LogP contribution in [-0.4, -0.2) is 4.57 Å². The molecule has 0 saturated heterocycles. The molecule has 0 aliphatic rings. The van der Waals surface area contributed by atoms with Crippen molar-refractivity contribution in [1.82, 2.24) is 4.57 Å². The minimum atomic E-state index is 1.15. The van der Waals surface area contributed by atoms with Crippen LogP contribution >= 0.6 is 0 Å². The summed E-state index contributed by atoms with van der Waals surface area (Å²) in [5.41, 5.74) is 0. The highest BCUT2D eigenvalue weighted by atomic mass is 14.9. The normalized spacial score (nSPS) is 10.1. The fourth-order valence-corrected chi connectivity index (χ4v) is 1.00. The number of aryl methyl sites for hydroxylation is 1. The molecule has 1 aromatic rings. The third kappa shape index (κ3) is 2.26. The van der Waals surface area contributed by atoms with Crippen molar-refractivity contribution in [1.29, 1.82) is 0 Å². The SMILES string of the molecule is CCCCCn1c[c]cc1. The Hall–Kier alpha value is -0.720. The molecule has 0 aliphatic heterocycles. The van der Waals surface area contributed by atoms with E-state index in [1.807, 2.05) is 12.3 Å². The molecule has 1 heteroatoms. The van der Waals surface area contributed by atoms with Gasteiger partial charge in [-0.25, -0.2) is 0 Å². The first kappa shape index (κ1) is 7.39. The van der Waals surface area contributed by atoms with E-state index >= 15 is 0 Å². The number of nitrogens with zero attached hydrogens (tertiary/aromatic N) is 1. The maximum atomic E-state index is 3.02. The fourth-order valence-electron chi connectivity index (χ4n) is 1.00. The lowest BCUT2D eigenvalue weighted by Crippen LogP contribution is -1.92. The summed E-state index contributed by atoms with van der Waals surface area (Å²) < 4.78 is 2.18. The lowest BCUT2D eigenvalue weighted by atomic mass is 10.2. The second kappa shape index (κ2) is 4.15. The Balaban J connectivity index is 2.15. The maximum absolute atomic E-state index is 3.02. The Labute approximate surface area is 62.7 Å². The first-order chi connectivity index (χ1) is 4.93. The molecule has 0 bridgehead atoms. The lowest BCUT2D eigenvalue weighted by molar-refractivity contribution is 0.604. The molecule has 10 heavy (non-hydrogen) atoms. The minimum absolute atomic E-state index is 1.15. The Morgan fingerprint density at radius 3 is 2.90 bits per heavy atom. The molecule has 1 radical (unpaired) electrons. The Bertz CT molecular complexity index is 153. The quantitative estimate of drug-likeness (QED) is 0.560. The molecule has 0 aromatic carbocycles. The van der Waals surface area contributed by atoms with Crippen molar-refractivity contribution in [3.05, 3.63) is 24.5 Å². The largest absolute Gasteiger partial charge is 0.354 e. The molecule has 0 unspecified atom stereocenters. The highest BCUT2D eigenvalue weighted by Gasteiger charge is 1.87. The molecule has 1 rings (SSSR count). The van der Waals surface area contributed by atoms with Crippen LogP contribution in [0.3, 0.4) is 0 Å².